The lowest BCUT2D eigenvalue weighted by Gasteiger charge is -2.25. The van der Waals surface area contributed by atoms with E-state index in [0.717, 1.165) is 49.2 Å². The number of aryl methyl sites for hydroxylation is 1. The summed E-state index contributed by atoms with van der Waals surface area (Å²) in [6.07, 6.45) is 5.55. The van der Waals surface area contributed by atoms with Gasteiger partial charge in [0.25, 0.3) is 0 Å². The Morgan fingerprint density at radius 1 is 1.29 bits per heavy atom. The summed E-state index contributed by atoms with van der Waals surface area (Å²) >= 11 is 0. The molecule has 1 saturated carbocycles. The van der Waals surface area contributed by atoms with Crippen LogP contribution in [0, 0.1) is 19.8 Å². The number of pyridine rings is 1. The molecule has 132 valence electrons. The number of nitrogens with zero attached hydrogens (tertiary/aromatic N) is 2. The van der Waals surface area contributed by atoms with Crippen LogP contribution in [0.5, 0.6) is 0 Å². The van der Waals surface area contributed by atoms with E-state index in [1.54, 1.807) is 0 Å². The van der Waals surface area contributed by atoms with Crippen LogP contribution in [-0.2, 0) is 4.79 Å². The molecule has 2 aliphatic rings. The van der Waals surface area contributed by atoms with Gasteiger partial charge >= 0.3 is 0 Å². The fourth-order valence-corrected chi connectivity index (χ4v) is 3.69. The van der Waals surface area contributed by atoms with Crippen LogP contribution in [0.2, 0.25) is 0 Å². The minimum absolute atomic E-state index is 0.150. The first-order valence-corrected chi connectivity index (χ1v) is 8.70. The van der Waals surface area contributed by atoms with Gasteiger partial charge in [0.05, 0.1) is 17.9 Å². The summed E-state index contributed by atoms with van der Waals surface area (Å²) in [7, 11) is 0. The highest BCUT2D eigenvalue weighted by Crippen LogP contribution is 2.44. The maximum absolute atomic E-state index is 12.6. The second kappa shape index (κ2) is 6.12. The van der Waals surface area contributed by atoms with Crippen molar-refractivity contribution in [3.8, 4) is 0 Å². The van der Waals surface area contributed by atoms with Crippen LogP contribution in [0.25, 0.3) is 0 Å². The van der Waals surface area contributed by atoms with Gasteiger partial charge in [-0.25, -0.2) is 10.8 Å². The fourth-order valence-electron chi connectivity index (χ4n) is 3.69. The zero-order valence-corrected chi connectivity index (χ0v) is 14.8. The third-order valence-electron chi connectivity index (χ3n) is 5.42. The van der Waals surface area contributed by atoms with Crippen molar-refractivity contribution >= 4 is 23.1 Å². The van der Waals surface area contributed by atoms with Crippen LogP contribution in [0.1, 0.15) is 50.3 Å². The van der Waals surface area contributed by atoms with Crippen LogP contribution in [-0.4, -0.2) is 23.1 Å². The van der Waals surface area contributed by atoms with Crippen LogP contribution in [0.3, 0.4) is 0 Å². The molecule has 2 heterocycles. The van der Waals surface area contributed by atoms with E-state index in [1.165, 1.54) is 6.42 Å². The van der Waals surface area contributed by atoms with Crippen molar-refractivity contribution in [2.75, 3.05) is 22.6 Å². The fraction of sp³-hybridized carbons (Fsp3) is 0.647. The second-order valence-electron chi connectivity index (χ2n) is 7.26. The number of aromatic nitrogens is 1. The SMILES string of the molecule is Cc1nc(NN)c(N)c(N2CC2(C)NC(=O)C2CCCCC2)c1C. The lowest BCUT2D eigenvalue weighted by molar-refractivity contribution is -0.126. The third-order valence-corrected chi connectivity index (χ3v) is 5.42. The van der Waals surface area contributed by atoms with Gasteiger partial charge in [-0.15, -0.1) is 0 Å². The lowest BCUT2D eigenvalue weighted by atomic mass is 9.88. The van der Waals surface area contributed by atoms with E-state index in [2.05, 4.69) is 20.6 Å². The first kappa shape index (κ1) is 16.8. The Labute approximate surface area is 143 Å². The van der Waals surface area contributed by atoms with Crippen LogP contribution < -0.4 is 27.2 Å². The number of nitrogen functional groups attached to an aromatic ring is 2. The number of hydrogen-bond donors (Lipinski definition) is 4. The molecule has 0 bridgehead atoms. The average molecular weight is 332 g/mol. The van der Waals surface area contributed by atoms with E-state index in [1.807, 2.05) is 20.8 Å². The maximum atomic E-state index is 12.6. The van der Waals surface area contributed by atoms with Crippen molar-refractivity contribution in [3.05, 3.63) is 11.3 Å². The van der Waals surface area contributed by atoms with E-state index in [-0.39, 0.29) is 17.5 Å². The molecule has 1 aliphatic carbocycles. The highest BCUT2D eigenvalue weighted by Gasteiger charge is 2.51. The maximum Gasteiger partial charge on any atom is 0.224 e. The standard InChI is InChI=1S/C17H28N6O/c1-10-11(2)20-15(22-19)13(18)14(10)23-9-17(23,3)21-16(24)12-7-5-4-6-8-12/h12H,4-9,18-19H2,1-3H3,(H,20,22)(H,21,24). The predicted molar refractivity (Wildman–Crippen MR) is 96.4 cm³/mol. The molecule has 1 aromatic heterocycles. The van der Waals surface area contributed by atoms with Crippen molar-refractivity contribution in [3.63, 3.8) is 0 Å². The highest BCUT2D eigenvalue weighted by atomic mass is 16.2. The van der Waals surface area contributed by atoms with Gasteiger partial charge in [0.1, 0.15) is 5.66 Å². The summed E-state index contributed by atoms with van der Waals surface area (Å²) in [6.45, 7) is 6.71. The summed E-state index contributed by atoms with van der Waals surface area (Å²) in [4.78, 5) is 19.1. The summed E-state index contributed by atoms with van der Waals surface area (Å²) in [5.74, 6) is 6.31. The average Bonchev–Trinajstić information content (AvgIpc) is 3.22. The quantitative estimate of drug-likeness (QED) is 0.380. The predicted octanol–water partition coefficient (Wildman–Crippen LogP) is 1.80. The molecule has 1 aliphatic heterocycles. The minimum atomic E-state index is -0.382. The van der Waals surface area contributed by atoms with Crippen LogP contribution >= 0.6 is 0 Å². The van der Waals surface area contributed by atoms with Crippen molar-refractivity contribution in [2.24, 2.45) is 11.8 Å². The molecule has 3 rings (SSSR count). The smallest absolute Gasteiger partial charge is 0.224 e. The number of hydrazine groups is 1. The molecule has 6 N–H and O–H groups in total. The van der Waals surface area contributed by atoms with E-state index in [9.17, 15) is 4.79 Å². The Balaban J connectivity index is 1.78. The summed E-state index contributed by atoms with van der Waals surface area (Å²) < 4.78 is 0. The van der Waals surface area contributed by atoms with E-state index < -0.39 is 0 Å². The second-order valence-corrected chi connectivity index (χ2v) is 7.26. The molecule has 7 nitrogen and oxygen atoms in total. The van der Waals surface area contributed by atoms with Gasteiger partial charge in [-0.3, -0.25) is 4.79 Å². The summed E-state index contributed by atoms with van der Waals surface area (Å²) in [5, 5.41) is 3.22. The summed E-state index contributed by atoms with van der Waals surface area (Å²) in [6, 6.07) is 0. The van der Waals surface area contributed by atoms with Gasteiger partial charge in [0.15, 0.2) is 5.82 Å². The number of nitrogens with two attached hydrogens (primary N) is 2. The molecule has 0 aromatic carbocycles. The van der Waals surface area contributed by atoms with E-state index in [4.69, 9.17) is 11.6 Å². The van der Waals surface area contributed by atoms with Gasteiger partial charge in [0, 0.05) is 11.6 Å². The van der Waals surface area contributed by atoms with Crippen molar-refractivity contribution < 1.29 is 4.79 Å². The zero-order valence-electron chi connectivity index (χ0n) is 14.8. The highest BCUT2D eigenvalue weighted by molar-refractivity contribution is 5.87. The molecule has 1 aromatic rings. The summed E-state index contributed by atoms with van der Waals surface area (Å²) in [5.41, 5.74) is 11.7. The number of hydrogen-bond acceptors (Lipinski definition) is 6. The Bertz CT molecular complexity index is 655. The molecule has 1 atom stereocenters. The van der Waals surface area contributed by atoms with Crippen molar-refractivity contribution in [1.82, 2.24) is 10.3 Å². The Hall–Kier alpha value is -2.02. The zero-order chi connectivity index (χ0) is 17.5. The number of amides is 1. The number of nitrogens with one attached hydrogen (secondary N) is 2. The van der Waals surface area contributed by atoms with E-state index in [0.29, 0.717) is 11.5 Å². The number of carbonyl (C=O) groups excluding carboxylic acids is 1. The van der Waals surface area contributed by atoms with Gasteiger partial charge in [0.2, 0.25) is 5.91 Å². The van der Waals surface area contributed by atoms with Gasteiger partial charge in [-0.2, -0.15) is 0 Å². The monoisotopic (exact) mass is 332 g/mol. The largest absolute Gasteiger partial charge is 0.394 e. The normalized spacial score (nSPS) is 23.9. The molecule has 7 heteroatoms. The Kier molecular flexibility index (Phi) is 4.29. The molecule has 2 fully saturated rings. The van der Waals surface area contributed by atoms with Gasteiger partial charge in [-0.05, 0) is 39.2 Å². The molecule has 1 unspecified atom stereocenters. The molecule has 24 heavy (non-hydrogen) atoms. The minimum Gasteiger partial charge on any atom is -0.394 e. The Morgan fingerprint density at radius 3 is 2.58 bits per heavy atom. The molecular weight excluding hydrogens is 304 g/mol. The number of anilines is 3. The topological polar surface area (TPSA) is 109 Å². The molecule has 0 radical (unpaired) electrons. The third kappa shape index (κ3) is 2.88. The molecule has 1 amide bonds. The van der Waals surface area contributed by atoms with Crippen LogP contribution in [0.4, 0.5) is 17.2 Å². The molecular formula is C17H28N6O. The van der Waals surface area contributed by atoms with Crippen molar-refractivity contribution in [2.45, 2.75) is 58.5 Å². The van der Waals surface area contributed by atoms with Crippen molar-refractivity contribution in [1.29, 1.82) is 0 Å². The first-order valence-electron chi connectivity index (χ1n) is 8.70. The lowest BCUT2D eigenvalue weighted by Crippen LogP contribution is -2.43. The number of carbonyl (C=O) groups is 1. The van der Waals surface area contributed by atoms with E-state index >= 15 is 0 Å². The molecule has 0 spiro atoms. The van der Waals surface area contributed by atoms with Crippen LogP contribution in [0.15, 0.2) is 0 Å². The van der Waals surface area contributed by atoms with Gasteiger partial charge < -0.3 is 21.4 Å². The Morgan fingerprint density at radius 2 is 1.96 bits per heavy atom. The number of rotatable bonds is 4. The van der Waals surface area contributed by atoms with Gasteiger partial charge in [-0.1, -0.05) is 19.3 Å². The molecule has 1 saturated heterocycles. The first-order chi connectivity index (χ1) is 11.4.